The molecule has 0 fully saturated rings. The third-order valence-corrected chi connectivity index (χ3v) is 3.19. The zero-order valence-corrected chi connectivity index (χ0v) is 11.5. The molecule has 0 spiro atoms. The van der Waals surface area contributed by atoms with Crippen molar-refractivity contribution in [3.63, 3.8) is 0 Å². The smallest absolute Gasteiger partial charge is 0.101 e. The number of hydrogen-bond donors (Lipinski definition) is 1. The first-order valence-corrected chi connectivity index (χ1v) is 6.41. The minimum atomic E-state index is 0.134. The van der Waals surface area contributed by atoms with Gasteiger partial charge in [0.25, 0.3) is 0 Å². The molecule has 0 aliphatic rings. The summed E-state index contributed by atoms with van der Waals surface area (Å²) in [5.74, 6) is 0. The van der Waals surface area contributed by atoms with Crippen molar-refractivity contribution in [2.75, 3.05) is 5.32 Å². The van der Waals surface area contributed by atoms with Crippen LogP contribution in [0.3, 0.4) is 0 Å². The number of benzene rings is 2. The van der Waals surface area contributed by atoms with Gasteiger partial charge in [-0.15, -0.1) is 0 Å². The summed E-state index contributed by atoms with van der Waals surface area (Å²) in [5, 5.41) is 21.3. The first kappa shape index (κ1) is 13.6. The molecule has 0 saturated carbocycles. The van der Waals surface area contributed by atoms with Gasteiger partial charge in [0.15, 0.2) is 0 Å². The van der Waals surface area contributed by atoms with Crippen molar-refractivity contribution in [1.29, 1.82) is 10.5 Å². The molecular formula is C17H15N3. The summed E-state index contributed by atoms with van der Waals surface area (Å²) in [6.07, 6.45) is 0. The van der Waals surface area contributed by atoms with Crippen LogP contribution < -0.4 is 5.32 Å². The summed E-state index contributed by atoms with van der Waals surface area (Å²) in [7, 11) is 0. The molecule has 2 aromatic rings. The average Bonchev–Trinajstić information content (AvgIpc) is 2.47. The van der Waals surface area contributed by atoms with E-state index in [1.54, 1.807) is 12.1 Å². The number of rotatable bonds is 3. The van der Waals surface area contributed by atoms with E-state index in [1.165, 1.54) is 11.1 Å². The Morgan fingerprint density at radius 2 is 1.75 bits per heavy atom. The van der Waals surface area contributed by atoms with E-state index in [9.17, 15) is 0 Å². The molecule has 0 aliphatic carbocycles. The Balaban J connectivity index is 2.23. The summed E-state index contributed by atoms with van der Waals surface area (Å²) >= 11 is 0. The summed E-state index contributed by atoms with van der Waals surface area (Å²) in [6.45, 7) is 4.13. The number of aryl methyl sites for hydroxylation is 1. The van der Waals surface area contributed by atoms with Crippen LogP contribution in [-0.4, -0.2) is 0 Å². The summed E-state index contributed by atoms with van der Waals surface area (Å²) in [6, 6.07) is 17.7. The Bertz CT molecular complexity index is 705. The fourth-order valence-corrected chi connectivity index (χ4v) is 2.10. The Hall–Kier alpha value is -2.78. The molecule has 0 amide bonds. The van der Waals surface area contributed by atoms with E-state index >= 15 is 0 Å². The number of hydrogen-bond acceptors (Lipinski definition) is 3. The predicted molar refractivity (Wildman–Crippen MR) is 79.1 cm³/mol. The van der Waals surface area contributed by atoms with E-state index in [2.05, 4.69) is 37.4 Å². The molecule has 2 rings (SSSR count). The minimum absolute atomic E-state index is 0.134. The Morgan fingerprint density at radius 3 is 2.40 bits per heavy atom. The van der Waals surface area contributed by atoms with Gasteiger partial charge < -0.3 is 5.32 Å². The van der Waals surface area contributed by atoms with Crippen molar-refractivity contribution in [2.45, 2.75) is 19.9 Å². The van der Waals surface area contributed by atoms with Gasteiger partial charge in [-0.05, 0) is 37.6 Å². The van der Waals surface area contributed by atoms with Crippen LogP contribution in [0.15, 0.2) is 42.5 Å². The quantitative estimate of drug-likeness (QED) is 0.911. The van der Waals surface area contributed by atoms with Gasteiger partial charge in [0.1, 0.15) is 12.1 Å². The number of nitrogens with zero attached hydrogens (tertiary/aromatic N) is 2. The van der Waals surface area contributed by atoms with E-state index < -0.39 is 0 Å². The molecule has 1 atom stereocenters. The van der Waals surface area contributed by atoms with Gasteiger partial charge in [-0.25, -0.2) is 0 Å². The zero-order valence-electron chi connectivity index (χ0n) is 11.5. The molecule has 0 bridgehead atoms. The highest BCUT2D eigenvalue weighted by atomic mass is 14.9. The van der Waals surface area contributed by atoms with E-state index in [-0.39, 0.29) is 6.04 Å². The number of anilines is 1. The second-order valence-electron chi connectivity index (χ2n) is 4.76. The fraction of sp³-hybridized carbons (Fsp3) is 0.176. The second-order valence-corrected chi connectivity index (χ2v) is 4.76. The third kappa shape index (κ3) is 2.96. The number of nitriles is 2. The van der Waals surface area contributed by atoms with Crippen LogP contribution in [0.2, 0.25) is 0 Å². The second kappa shape index (κ2) is 5.91. The predicted octanol–water partition coefficient (Wildman–Crippen LogP) is 3.91. The van der Waals surface area contributed by atoms with Gasteiger partial charge in [0.2, 0.25) is 0 Å². The lowest BCUT2D eigenvalue weighted by Gasteiger charge is -2.16. The van der Waals surface area contributed by atoms with Crippen LogP contribution in [0, 0.1) is 29.6 Å². The van der Waals surface area contributed by atoms with Crippen molar-refractivity contribution in [1.82, 2.24) is 0 Å². The van der Waals surface area contributed by atoms with Gasteiger partial charge in [-0.1, -0.05) is 29.8 Å². The van der Waals surface area contributed by atoms with Crippen LogP contribution in [-0.2, 0) is 0 Å². The SMILES string of the molecule is Cc1cccc(C(C)Nc2ccc(C#N)c(C#N)c2)c1. The van der Waals surface area contributed by atoms with Crippen LogP contribution in [0.25, 0.3) is 0 Å². The highest BCUT2D eigenvalue weighted by molar-refractivity contribution is 5.57. The largest absolute Gasteiger partial charge is 0.378 e. The van der Waals surface area contributed by atoms with Crippen molar-refractivity contribution in [2.24, 2.45) is 0 Å². The molecule has 0 aromatic heterocycles. The first-order chi connectivity index (χ1) is 9.63. The van der Waals surface area contributed by atoms with Gasteiger partial charge in [0.05, 0.1) is 11.1 Å². The molecule has 1 N–H and O–H groups in total. The lowest BCUT2D eigenvalue weighted by Crippen LogP contribution is -2.07. The molecule has 0 aliphatic heterocycles. The van der Waals surface area contributed by atoms with Crippen LogP contribution in [0.4, 0.5) is 5.69 Å². The van der Waals surface area contributed by atoms with Crippen molar-refractivity contribution < 1.29 is 0 Å². The van der Waals surface area contributed by atoms with Gasteiger partial charge in [-0.3, -0.25) is 0 Å². The molecule has 0 radical (unpaired) electrons. The first-order valence-electron chi connectivity index (χ1n) is 6.41. The van der Waals surface area contributed by atoms with Crippen molar-refractivity contribution in [3.8, 4) is 12.1 Å². The fourth-order valence-electron chi connectivity index (χ4n) is 2.10. The summed E-state index contributed by atoms with van der Waals surface area (Å²) < 4.78 is 0. The van der Waals surface area contributed by atoms with Crippen molar-refractivity contribution in [3.05, 3.63) is 64.7 Å². The topological polar surface area (TPSA) is 59.6 Å². The van der Waals surface area contributed by atoms with Gasteiger partial charge in [0, 0.05) is 11.7 Å². The molecule has 0 saturated heterocycles. The third-order valence-electron chi connectivity index (χ3n) is 3.19. The Morgan fingerprint density at radius 1 is 1.00 bits per heavy atom. The van der Waals surface area contributed by atoms with Crippen LogP contribution in [0.1, 0.15) is 35.2 Å². The highest BCUT2D eigenvalue weighted by Gasteiger charge is 2.07. The minimum Gasteiger partial charge on any atom is -0.378 e. The van der Waals surface area contributed by atoms with Crippen molar-refractivity contribution >= 4 is 5.69 Å². The lowest BCUT2D eigenvalue weighted by molar-refractivity contribution is 0.883. The highest BCUT2D eigenvalue weighted by Crippen LogP contribution is 2.22. The molecule has 3 heteroatoms. The van der Waals surface area contributed by atoms with E-state index in [0.29, 0.717) is 11.1 Å². The average molecular weight is 261 g/mol. The van der Waals surface area contributed by atoms with E-state index in [1.807, 2.05) is 24.3 Å². The maximum atomic E-state index is 9.03. The maximum Gasteiger partial charge on any atom is 0.101 e. The zero-order chi connectivity index (χ0) is 14.5. The Kier molecular flexibility index (Phi) is 4.03. The standard InChI is InChI=1S/C17H15N3/c1-12-4-3-5-14(8-12)13(2)20-17-7-6-15(10-18)16(9-17)11-19/h3-9,13,20H,1-2H3. The van der Waals surface area contributed by atoms with Crippen LogP contribution in [0.5, 0.6) is 0 Å². The monoisotopic (exact) mass is 261 g/mol. The summed E-state index contributed by atoms with van der Waals surface area (Å²) in [5.41, 5.74) is 4.05. The molecule has 3 nitrogen and oxygen atoms in total. The molecule has 20 heavy (non-hydrogen) atoms. The Labute approximate surface area is 119 Å². The van der Waals surface area contributed by atoms with E-state index in [0.717, 1.165) is 5.69 Å². The van der Waals surface area contributed by atoms with Gasteiger partial charge in [-0.2, -0.15) is 10.5 Å². The molecule has 2 aromatic carbocycles. The molecule has 98 valence electrons. The normalized spacial score (nSPS) is 11.2. The van der Waals surface area contributed by atoms with Crippen LogP contribution >= 0.6 is 0 Å². The molecule has 0 heterocycles. The molecular weight excluding hydrogens is 246 g/mol. The number of nitrogens with one attached hydrogen (secondary N) is 1. The lowest BCUT2D eigenvalue weighted by atomic mass is 10.0. The molecule has 1 unspecified atom stereocenters. The maximum absolute atomic E-state index is 9.03. The summed E-state index contributed by atoms with van der Waals surface area (Å²) in [4.78, 5) is 0. The van der Waals surface area contributed by atoms with E-state index in [4.69, 9.17) is 10.5 Å². The van der Waals surface area contributed by atoms with Gasteiger partial charge >= 0.3 is 0 Å².